The third kappa shape index (κ3) is 2.85. The van der Waals surface area contributed by atoms with Crippen molar-refractivity contribution in [3.05, 3.63) is 0 Å². The van der Waals surface area contributed by atoms with Gasteiger partial charge in [-0.25, -0.2) is 4.79 Å². The second-order valence-corrected chi connectivity index (χ2v) is 3.61. The van der Waals surface area contributed by atoms with Crippen LogP contribution in [0, 0.1) is 0 Å². The van der Waals surface area contributed by atoms with Crippen molar-refractivity contribution in [2.45, 2.75) is 13.0 Å². The normalized spacial score (nSPS) is 23.9. The minimum Gasteiger partial charge on any atom is -0.465 e. The Bertz CT molecular complexity index is 198. The summed E-state index contributed by atoms with van der Waals surface area (Å²) in [5, 5.41) is 8.80. The van der Waals surface area contributed by atoms with Gasteiger partial charge in [0.2, 0.25) is 0 Å². The van der Waals surface area contributed by atoms with Gasteiger partial charge < -0.3 is 14.7 Å². The maximum Gasteiger partial charge on any atom is 0.407 e. The first kappa shape index (κ1) is 11.3. The van der Waals surface area contributed by atoms with Crippen LogP contribution in [0.5, 0.6) is 0 Å². The number of amides is 1. The minimum atomic E-state index is -0.816. The van der Waals surface area contributed by atoms with E-state index in [9.17, 15) is 4.79 Å². The zero-order valence-corrected chi connectivity index (χ0v) is 8.77. The number of methoxy groups -OCH3 is 1. The van der Waals surface area contributed by atoms with Gasteiger partial charge in [-0.3, -0.25) is 4.90 Å². The minimum absolute atomic E-state index is 0.287. The highest BCUT2D eigenvalue weighted by Crippen LogP contribution is 2.08. The second-order valence-electron chi connectivity index (χ2n) is 3.61. The molecule has 1 rings (SSSR count). The fourth-order valence-corrected chi connectivity index (χ4v) is 1.71. The van der Waals surface area contributed by atoms with Crippen molar-refractivity contribution >= 4 is 6.09 Å². The number of piperazine rings is 1. The van der Waals surface area contributed by atoms with E-state index in [0.29, 0.717) is 19.7 Å². The Kier molecular flexibility index (Phi) is 4.16. The molecule has 0 unspecified atom stereocenters. The van der Waals surface area contributed by atoms with Gasteiger partial charge in [0.05, 0.1) is 6.61 Å². The predicted molar refractivity (Wildman–Crippen MR) is 52.5 cm³/mol. The highest BCUT2D eigenvalue weighted by atomic mass is 16.5. The quantitative estimate of drug-likeness (QED) is 0.716. The molecule has 0 aromatic rings. The van der Waals surface area contributed by atoms with Crippen LogP contribution in [0.4, 0.5) is 4.79 Å². The first-order valence-electron chi connectivity index (χ1n) is 4.86. The van der Waals surface area contributed by atoms with Gasteiger partial charge in [-0.05, 0) is 6.92 Å². The molecular formula is C9H18N2O3. The lowest BCUT2D eigenvalue weighted by Crippen LogP contribution is -2.53. The Morgan fingerprint density at radius 2 is 2.29 bits per heavy atom. The Balaban J connectivity index is 2.35. The second kappa shape index (κ2) is 5.17. The van der Waals surface area contributed by atoms with Crippen LogP contribution in [0.2, 0.25) is 0 Å². The fourth-order valence-electron chi connectivity index (χ4n) is 1.71. The lowest BCUT2D eigenvalue weighted by Gasteiger charge is -2.38. The molecular weight excluding hydrogens is 184 g/mol. The van der Waals surface area contributed by atoms with E-state index >= 15 is 0 Å². The Labute approximate surface area is 84.2 Å². The molecule has 5 heteroatoms. The molecule has 1 amide bonds. The summed E-state index contributed by atoms with van der Waals surface area (Å²) >= 11 is 0. The van der Waals surface area contributed by atoms with Gasteiger partial charge in [-0.2, -0.15) is 0 Å². The van der Waals surface area contributed by atoms with Gasteiger partial charge in [-0.1, -0.05) is 0 Å². The number of carbonyl (C=O) groups is 1. The van der Waals surface area contributed by atoms with Crippen molar-refractivity contribution in [1.29, 1.82) is 0 Å². The van der Waals surface area contributed by atoms with Crippen LogP contribution >= 0.6 is 0 Å². The SMILES string of the molecule is COCCN1CCN(C(=O)O)C[C@@H]1C. The average molecular weight is 202 g/mol. The van der Waals surface area contributed by atoms with Gasteiger partial charge in [0.25, 0.3) is 0 Å². The van der Waals surface area contributed by atoms with Crippen LogP contribution in [0.15, 0.2) is 0 Å². The lowest BCUT2D eigenvalue weighted by atomic mass is 10.2. The van der Waals surface area contributed by atoms with E-state index in [1.54, 1.807) is 7.11 Å². The van der Waals surface area contributed by atoms with Crippen LogP contribution in [0.25, 0.3) is 0 Å². The summed E-state index contributed by atoms with van der Waals surface area (Å²) in [7, 11) is 1.68. The van der Waals surface area contributed by atoms with E-state index in [2.05, 4.69) is 4.90 Å². The fraction of sp³-hybridized carbons (Fsp3) is 0.889. The summed E-state index contributed by atoms with van der Waals surface area (Å²) in [4.78, 5) is 14.4. The van der Waals surface area contributed by atoms with E-state index < -0.39 is 6.09 Å². The van der Waals surface area contributed by atoms with Crippen molar-refractivity contribution in [2.75, 3.05) is 39.9 Å². The molecule has 0 aliphatic carbocycles. The number of rotatable bonds is 3. The summed E-state index contributed by atoms with van der Waals surface area (Å²) in [6.45, 7) is 5.63. The summed E-state index contributed by atoms with van der Waals surface area (Å²) in [5.41, 5.74) is 0. The number of hydrogen-bond donors (Lipinski definition) is 1. The molecule has 14 heavy (non-hydrogen) atoms. The number of hydrogen-bond acceptors (Lipinski definition) is 3. The molecule has 1 aliphatic rings. The van der Waals surface area contributed by atoms with Crippen LogP contribution in [0.3, 0.4) is 0 Å². The molecule has 1 aliphatic heterocycles. The molecule has 1 fully saturated rings. The third-order valence-electron chi connectivity index (χ3n) is 2.62. The maximum absolute atomic E-state index is 10.7. The molecule has 1 atom stereocenters. The zero-order valence-electron chi connectivity index (χ0n) is 8.77. The van der Waals surface area contributed by atoms with Gasteiger partial charge in [0.1, 0.15) is 0 Å². The summed E-state index contributed by atoms with van der Waals surface area (Å²) in [5.74, 6) is 0. The highest BCUT2D eigenvalue weighted by Gasteiger charge is 2.25. The van der Waals surface area contributed by atoms with Gasteiger partial charge >= 0.3 is 6.09 Å². The molecule has 0 spiro atoms. The van der Waals surface area contributed by atoms with Gasteiger partial charge in [0.15, 0.2) is 0 Å². The zero-order chi connectivity index (χ0) is 10.6. The Morgan fingerprint density at radius 3 is 2.79 bits per heavy atom. The van der Waals surface area contributed by atoms with Crippen molar-refractivity contribution in [3.63, 3.8) is 0 Å². The molecule has 5 nitrogen and oxygen atoms in total. The van der Waals surface area contributed by atoms with Crippen molar-refractivity contribution in [3.8, 4) is 0 Å². The summed E-state index contributed by atoms with van der Waals surface area (Å²) in [6.07, 6.45) is -0.816. The molecule has 1 N–H and O–H groups in total. The lowest BCUT2D eigenvalue weighted by molar-refractivity contribution is 0.0573. The summed E-state index contributed by atoms with van der Waals surface area (Å²) in [6, 6.07) is 0.287. The monoisotopic (exact) mass is 202 g/mol. The molecule has 1 heterocycles. The van der Waals surface area contributed by atoms with Gasteiger partial charge in [-0.15, -0.1) is 0 Å². The predicted octanol–water partition coefficient (Wildman–Crippen LogP) is 0.317. The van der Waals surface area contributed by atoms with E-state index in [4.69, 9.17) is 9.84 Å². The van der Waals surface area contributed by atoms with Crippen LogP contribution < -0.4 is 0 Å². The number of ether oxygens (including phenoxy) is 1. The molecule has 82 valence electrons. The molecule has 0 aromatic heterocycles. The first-order chi connectivity index (χ1) is 6.65. The van der Waals surface area contributed by atoms with E-state index in [-0.39, 0.29) is 6.04 Å². The average Bonchev–Trinajstić information content (AvgIpc) is 2.15. The smallest absolute Gasteiger partial charge is 0.407 e. The molecule has 0 bridgehead atoms. The van der Waals surface area contributed by atoms with Crippen LogP contribution in [-0.4, -0.2) is 66.9 Å². The van der Waals surface area contributed by atoms with E-state index in [1.807, 2.05) is 6.92 Å². The number of carboxylic acid groups (broad SMARTS) is 1. The Morgan fingerprint density at radius 1 is 1.57 bits per heavy atom. The van der Waals surface area contributed by atoms with E-state index in [0.717, 1.165) is 13.1 Å². The van der Waals surface area contributed by atoms with Crippen molar-refractivity contribution < 1.29 is 14.6 Å². The summed E-state index contributed by atoms with van der Waals surface area (Å²) < 4.78 is 5.00. The Hall–Kier alpha value is -0.810. The topological polar surface area (TPSA) is 53.0 Å². The largest absolute Gasteiger partial charge is 0.465 e. The molecule has 1 saturated heterocycles. The molecule has 0 aromatic carbocycles. The third-order valence-corrected chi connectivity index (χ3v) is 2.62. The highest BCUT2D eigenvalue weighted by molar-refractivity contribution is 5.65. The van der Waals surface area contributed by atoms with Crippen molar-refractivity contribution in [1.82, 2.24) is 9.80 Å². The van der Waals surface area contributed by atoms with Crippen molar-refractivity contribution in [2.24, 2.45) is 0 Å². The van der Waals surface area contributed by atoms with E-state index in [1.165, 1.54) is 4.90 Å². The maximum atomic E-state index is 10.7. The molecule has 0 saturated carbocycles. The van der Waals surface area contributed by atoms with Gasteiger partial charge in [0, 0.05) is 39.3 Å². The van der Waals surface area contributed by atoms with Crippen LogP contribution in [-0.2, 0) is 4.74 Å². The first-order valence-corrected chi connectivity index (χ1v) is 4.86. The standard InChI is InChI=1S/C9H18N2O3/c1-8-7-11(9(12)13)4-3-10(8)5-6-14-2/h8H,3-7H2,1-2H3,(H,12,13)/t8-/m0/s1. The molecule has 0 radical (unpaired) electrons. The number of nitrogens with zero attached hydrogens (tertiary/aromatic N) is 2. The van der Waals surface area contributed by atoms with Crippen LogP contribution in [0.1, 0.15) is 6.92 Å².